The first-order chi connectivity index (χ1) is 9.76. The molecule has 2 aromatic rings. The highest BCUT2D eigenvalue weighted by Crippen LogP contribution is 2.28. The van der Waals surface area contributed by atoms with Gasteiger partial charge in [0.05, 0.1) is 24.4 Å². The molecule has 1 aromatic carbocycles. The molecule has 1 N–H and O–H groups in total. The van der Waals surface area contributed by atoms with Crippen LogP contribution in [0, 0.1) is 11.3 Å². The van der Waals surface area contributed by atoms with Crippen LogP contribution in [0.15, 0.2) is 36.4 Å². The number of nitrogens with zero attached hydrogens (tertiary/aromatic N) is 2. The predicted molar refractivity (Wildman–Crippen MR) is 75.8 cm³/mol. The third-order valence-corrected chi connectivity index (χ3v) is 2.73. The Morgan fingerprint density at radius 3 is 2.80 bits per heavy atom. The van der Waals surface area contributed by atoms with Gasteiger partial charge in [-0.1, -0.05) is 6.07 Å². The van der Waals surface area contributed by atoms with Crippen LogP contribution in [0.1, 0.15) is 11.3 Å². The average molecular weight is 269 g/mol. The summed E-state index contributed by atoms with van der Waals surface area (Å²) in [6.07, 6.45) is 0. The van der Waals surface area contributed by atoms with Crippen LogP contribution in [0.5, 0.6) is 11.5 Å². The van der Waals surface area contributed by atoms with E-state index >= 15 is 0 Å². The van der Waals surface area contributed by atoms with E-state index in [2.05, 4.69) is 16.4 Å². The Hall–Kier alpha value is -2.74. The van der Waals surface area contributed by atoms with Crippen LogP contribution in [0.25, 0.3) is 0 Å². The third-order valence-electron chi connectivity index (χ3n) is 2.73. The van der Waals surface area contributed by atoms with Crippen molar-refractivity contribution in [3.8, 4) is 17.6 Å². The number of ether oxygens (including phenoxy) is 2. The highest BCUT2D eigenvalue weighted by molar-refractivity contribution is 5.46. The molecule has 0 bridgehead atoms. The van der Waals surface area contributed by atoms with E-state index in [1.54, 1.807) is 25.3 Å². The second kappa shape index (κ2) is 6.43. The van der Waals surface area contributed by atoms with Crippen molar-refractivity contribution in [2.45, 2.75) is 6.61 Å². The van der Waals surface area contributed by atoms with Crippen molar-refractivity contribution >= 4 is 5.82 Å². The molecule has 0 aliphatic carbocycles. The topological polar surface area (TPSA) is 67.2 Å². The van der Waals surface area contributed by atoms with Gasteiger partial charge in [0.1, 0.15) is 12.4 Å². The van der Waals surface area contributed by atoms with Gasteiger partial charge in [0.25, 0.3) is 0 Å². The lowest BCUT2D eigenvalue weighted by atomic mass is 10.2. The Kier molecular flexibility index (Phi) is 4.40. The number of rotatable bonds is 5. The van der Waals surface area contributed by atoms with E-state index in [0.29, 0.717) is 23.7 Å². The molecule has 0 unspecified atom stereocenters. The quantitative estimate of drug-likeness (QED) is 0.903. The average Bonchev–Trinajstić information content (AvgIpc) is 2.52. The van der Waals surface area contributed by atoms with Crippen LogP contribution in [-0.2, 0) is 6.61 Å². The van der Waals surface area contributed by atoms with Crippen LogP contribution in [0.3, 0.4) is 0 Å². The van der Waals surface area contributed by atoms with Crippen molar-refractivity contribution in [3.05, 3.63) is 47.7 Å². The standard InChI is InChI=1S/C15H15N3O2/c1-17-15-5-3-4-12(18-15)10-20-13-7-6-11(9-16)8-14(13)19-2/h3-8H,10H2,1-2H3,(H,17,18). The van der Waals surface area contributed by atoms with Gasteiger partial charge in [-0.3, -0.25) is 0 Å². The fourth-order valence-electron chi connectivity index (χ4n) is 1.71. The molecule has 5 nitrogen and oxygen atoms in total. The number of anilines is 1. The van der Waals surface area contributed by atoms with E-state index < -0.39 is 0 Å². The maximum Gasteiger partial charge on any atom is 0.162 e. The van der Waals surface area contributed by atoms with Crippen LogP contribution in [0.2, 0.25) is 0 Å². The Labute approximate surface area is 117 Å². The van der Waals surface area contributed by atoms with Crippen molar-refractivity contribution in [2.24, 2.45) is 0 Å². The van der Waals surface area contributed by atoms with Crippen LogP contribution >= 0.6 is 0 Å². The van der Waals surface area contributed by atoms with E-state index in [1.807, 2.05) is 25.2 Å². The Bertz CT molecular complexity index is 635. The molecule has 0 amide bonds. The predicted octanol–water partition coefficient (Wildman–Crippen LogP) is 2.58. The fraction of sp³-hybridized carbons (Fsp3) is 0.200. The minimum atomic E-state index is 0.331. The summed E-state index contributed by atoms with van der Waals surface area (Å²) in [5.74, 6) is 1.91. The second-order valence-corrected chi connectivity index (χ2v) is 4.03. The lowest BCUT2D eigenvalue weighted by Crippen LogP contribution is -2.02. The third kappa shape index (κ3) is 3.18. The largest absolute Gasteiger partial charge is 0.493 e. The summed E-state index contributed by atoms with van der Waals surface area (Å²) in [6.45, 7) is 0.331. The second-order valence-electron chi connectivity index (χ2n) is 4.03. The Morgan fingerprint density at radius 2 is 2.10 bits per heavy atom. The molecule has 2 rings (SSSR count). The summed E-state index contributed by atoms with van der Waals surface area (Å²) >= 11 is 0. The van der Waals surface area contributed by atoms with Crippen LogP contribution in [-0.4, -0.2) is 19.1 Å². The maximum absolute atomic E-state index is 8.85. The molecule has 0 spiro atoms. The minimum absolute atomic E-state index is 0.331. The first-order valence-corrected chi connectivity index (χ1v) is 6.11. The van der Waals surface area contributed by atoms with Crippen molar-refractivity contribution in [1.82, 2.24) is 4.98 Å². The smallest absolute Gasteiger partial charge is 0.162 e. The number of hydrogen-bond donors (Lipinski definition) is 1. The number of benzene rings is 1. The highest BCUT2D eigenvalue weighted by Gasteiger charge is 2.06. The number of methoxy groups -OCH3 is 1. The number of hydrogen-bond acceptors (Lipinski definition) is 5. The Balaban J connectivity index is 2.12. The zero-order valence-electron chi connectivity index (χ0n) is 11.4. The first kappa shape index (κ1) is 13.7. The normalized spacial score (nSPS) is 9.65. The first-order valence-electron chi connectivity index (χ1n) is 6.11. The molecule has 0 saturated carbocycles. The molecule has 0 saturated heterocycles. The molecule has 20 heavy (non-hydrogen) atoms. The summed E-state index contributed by atoms with van der Waals surface area (Å²) in [7, 11) is 3.36. The lowest BCUT2D eigenvalue weighted by Gasteiger charge is -2.11. The molecule has 5 heteroatoms. The molecular formula is C15H15N3O2. The summed E-state index contributed by atoms with van der Waals surface area (Å²) in [5, 5.41) is 11.8. The van der Waals surface area contributed by atoms with Crippen molar-refractivity contribution in [1.29, 1.82) is 5.26 Å². The van der Waals surface area contributed by atoms with Gasteiger partial charge in [-0.2, -0.15) is 5.26 Å². The van der Waals surface area contributed by atoms with E-state index in [-0.39, 0.29) is 0 Å². The molecular weight excluding hydrogens is 254 g/mol. The summed E-state index contributed by atoms with van der Waals surface area (Å²) < 4.78 is 10.9. The monoisotopic (exact) mass is 269 g/mol. The van der Waals surface area contributed by atoms with Gasteiger partial charge in [0.15, 0.2) is 11.5 Å². The van der Waals surface area contributed by atoms with Crippen LogP contribution < -0.4 is 14.8 Å². The molecule has 0 fully saturated rings. The molecule has 0 aliphatic heterocycles. The number of nitriles is 1. The zero-order chi connectivity index (χ0) is 14.4. The lowest BCUT2D eigenvalue weighted by molar-refractivity contribution is 0.281. The van der Waals surface area contributed by atoms with Gasteiger partial charge in [-0.05, 0) is 24.3 Å². The molecule has 1 aromatic heterocycles. The molecule has 1 heterocycles. The fourth-order valence-corrected chi connectivity index (χ4v) is 1.71. The van der Waals surface area contributed by atoms with Gasteiger partial charge >= 0.3 is 0 Å². The number of aromatic nitrogens is 1. The summed E-state index contributed by atoms with van der Waals surface area (Å²) in [5.41, 5.74) is 1.34. The molecule has 0 radical (unpaired) electrons. The zero-order valence-corrected chi connectivity index (χ0v) is 11.4. The highest BCUT2D eigenvalue weighted by atomic mass is 16.5. The molecule has 0 aliphatic rings. The Morgan fingerprint density at radius 1 is 1.25 bits per heavy atom. The van der Waals surface area contributed by atoms with E-state index in [0.717, 1.165) is 11.5 Å². The number of pyridine rings is 1. The van der Waals surface area contributed by atoms with Gasteiger partial charge in [-0.25, -0.2) is 4.98 Å². The van der Waals surface area contributed by atoms with E-state index in [4.69, 9.17) is 14.7 Å². The minimum Gasteiger partial charge on any atom is -0.493 e. The molecule has 0 atom stereocenters. The molecule has 102 valence electrons. The maximum atomic E-state index is 8.85. The number of nitrogens with one attached hydrogen (secondary N) is 1. The van der Waals surface area contributed by atoms with Gasteiger partial charge < -0.3 is 14.8 Å². The van der Waals surface area contributed by atoms with Crippen molar-refractivity contribution in [3.63, 3.8) is 0 Å². The summed E-state index contributed by atoms with van der Waals surface area (Å²) in [6, 6.07) is 12.8. The van der Waals surface area contributed by atoms with Gasteiger partial charge in [-0.15, -0.1) is 0 Å². The van der Waals surface area contributed by atoms with E-state index in [9.17, 15) is 0 Å². The van der Waals surface area contributed by atoms with Gasteiger partial charge in [0.2, 0.25) is 0 Å². The van der Waals surface area contributed by atoms with Crippen molar-refractivity contribution in [2.75, 3.05) is 19.5 Å². The van der Waals surface area contributed by atoms with Crippen LogP contribution in [0.4, 0.5) is 5.82 Å². The van der Waals surface area contributed by atoms with Gasteiger partial charge in [0, 0.05) is 13.1 Å². The van der Waals surface area contributed by atoms with Crippen molar-refractivity contribution < 1.29 is 9.47 Å². The SMILES string of the molecule is CNc1cccc(COc2ccc(C#N)cc2OC)n1. The summed E-state index contributed by atoms with van der Waals surface area (Å²) in [4.78, 5) is 4.37. The van der Waals surface area contributed by atoms with E-state index in [1.165, 1.54) is 0 Å².